The molecule has 2 nitrogen and oxygen atoms in total. The molecule has 0 aliphatic carbocycles. The summed E-state index contributed by atoms with van der Waals surface area (Å²) in [5.41, 5.74) is 1.21. The second-order valence-corrected chi connectivity index (χ2v) is 10.3. The summed E-state index contributed by atoms with van der Waals surface area (Å²) in [6.07, 6.45) is 1.67. The number of rotatable bonds is 9. The van der Waals surface area contributed by atoms with E-state index in [2.05, 4.69) is 10.8 Å². The van der Waals surface area contributed by atoms with Crippen molar-refractivity contribution in [3.63, 3.8) is 0 Å². The maximum absolute atomic E-state index is 15.1. The standard InChI is InChI=1S/C37H25F6NO/c1-2-3-4-5-23-6-8-24(9-7-23)25-12-15-30(34(39)18-25)27-13-17-32(36(41)20-27)37(42,43)45-29-14-16-31(35(40)21-29)26-10-11-28(22-44)33(38)19-26/h2-3,6-21H,4-5H2,1H3/b3-2+. The zero-order valence-corrected chi connectivity index (χ0v) is 23.9. The molecule has 226 valence electrons. The van der Waals surface area contributed by atoms with Gasteiger partial charge in [0, 0.05) is 17.2 Å². The molecule has 0 heterocycles. The molecule has 0 fully saturated rings. The van der Waals surface area contributed by atoms with Crippen molar-refractivity contribution in [2.24, 2.45) is 0 Å². The van der Waals surface area contributed by atoms with Crippen LogP contribution in [-0.2, 0) is 12.5 Å². The van der Waals surface area contributed by atoms with Crippen molar-refractivity contribution in [3.05, 3.63) is 149 Å². The molecule has 0 aliphatic rings. The largest absolute Gasteiger partial charge is 0.429 e. The first-order valence-electron chi connectivity index (χ1n) is 14.0. The summed E-state index contributed by atoms with van der Waals surface area (Å²) < 4.78 is 93.6. The van der Waals surface area contributed by atoms with Crippen LogP contribution in [0.15, 0.2) is 109 Å². The summed E-state index contributed by atoms with van der Waals surface area (Å²) in [7, 11) is 0. The molecule has 5 aromatic rings. The van der Waals surface area contributed by atoms with Crippen LogP contribution in [0.3, 0.4) is 0 Å². The van der Waals surface area contributed by atoms with Gasteiger partial charge in [-0.1, -0.05) is 60.7 Å². The van der Waals surface area contributed by atoms with Gasteiger partial charge in [-0.05, 0) is 90.0 Å². The SMILES string of the molecule is C/C=C/CCc1ccc(-c2ccc(-c3ccc(C(F)(F)Oc4ccc(-c5ccc(C#N)c(F)c5)c(F)c4)c(F)c3)c(F)c2)cc1. The Labute approximate surface area is 256 Å². The fourth-order valence-electron chi connectivity index (χ4n) is 4.90. The molecule has 0 bridgehead atoms. The van der Waals surface area contributed by atoms with E-state index >= 15 is 17.6 Å². The van der Waals surface area contributed by atoms with E-state index in [-0.39, 0.29) is 27.8 Å². The average Bonchev–Trinajstić information content (AvgIpc) is 3.01. The molecule has 0 amide bonds. The zero-order valence-electron chi connectivity index (χ0n) is 23.9. The number of aryl methyl sites for hydroxylation is 1. The van der Waals surface area contributed by atoms with E-state index in [4.69, 9.17) is 5.26 Å². The maximum Gasteiger partial charge on any atom is 0.429 e. The lowest BCUT2D eigenvalue weighted by Gasteiger charge is -2.20. The topological polar surface area (TPSA) is 33.0 Å². The Hall–Kier alpha value is -5.29. The molecule has 0 spiro atoms. The predicted molar refractivity (Wildman–Crippen MR) is 161 cm³/mol. The third-order valence-corrected chi connectivity index (χ3v) is 7.27. The van der Waals surface area contributed by atoms with Crippen LogP contribution in [0.1, 0.15) is 30.0 Å². The first-order chi connectivity index (χ1) is 21.6. The summed E-state index contributed by atoms with van der Waals surface area (Å²) in [6.45, 7) is 1.96. The molecule has 0 radical (unpaired) electrons. The van der Waals surface area contributed by atoms with Gasteiger partial charge in [0.15, 0.2) is 0 Å². The Balaban J connectivity index is 1.32. The summed E-state index contributed by atoms with van der Waals surface area (Å²) >= 11 is 0. The van der Waals surface area contributed by atoms with Gasteiger partial charge < -0.3 is 4.74 Å². The molecular weight excluding hydrogens is 588 g/mol. The van der Waals surface area contributed by atoms with E-state index in [1.807, 2.05) is 37.3 Å². The van der Waals surface area contributed by atoms with Gasteiger partial charge in [-0.25, -0.2) is 17.6 Å². The van der Waals surface area contributed by atoms with Crippen LogP contribution in [-0.4, -0.2) is 0 Å². The molecule has 0 saturated carbocycles. The van der Waals surface area contributed by atoms with Gasteiger partial charge in [0.05, 0.1) is 11.1 Å². The summed E-state index contributed by atoms with van der Waals surface area (Å²) in [4.78, 5) is 0. The van der Waals surface area contributed by atoms with Gasteiger partial charge in [0.25, 0.3) is 0 Å². The normalized spacial score (nSPS) is 11.5. The Morgan fingerprint density at radius 3 is 1.84 bits per heavy atom. The van der Waals surface area contributed by atoms with Gasteiger partial charge in [-0.15, -0.1) is 0 Å². The maximum atomic E-state index is 15.1. The number of halogens is 6. The Morgan fingerprint density at radius 2 is 1.24 bits per heavy atom. The van der Waals surface area contributed by atoms with Crippen molar-refractivity contribution in [1.29, 1.82) is 5.26 Å². The quantitative estimate of drug-likeness (QED) is 0.122. The van der Waals surface area contributed by atoms with Crippen LogP contribution in [0.4, 0.5) is 26.3 Å². The summed E-state index contributed by atoms with van der Waals surface area (Å²) in [6, 6.07) is 22.8. The van der Waals surface area contributed by atoms with Crippen molar-refractivity contribution >= 4 is 0 Å². The van der Waals surface area contributed by atoms with Crippen LogP contribution < -0.4 is 4.74 Å². The first kappa shape index (κ1) is 31.1. The summed E-state index contributed by atoms with van der Waals surface area (Å²) in [5.74, 6) is -4.47. The minimum Gasteiger partial charge on any atom is -0.429 e. The molecule has 0 N–H and O–H groups in total. The number of hydrogen-bond acceptors (Lipinski definition) is 2. The minimum atomic E-state index is -4.21. The molecule has 0 saturated heterocycles. The first-order valence-corrected chi connectivity index (χ1v) is 14.0. The Kier molecular flexibility index (Phi) is 9.10. The number of nitrogens with zero attached hydrogens (tertiary/aromatic N) is 1. The highest BCUT2D eigenvalue weighted by molar-refractivity contribution is 5.71. The molecule has 5 aromatic carbocycles. The summed E-state index contributed by atoms with van der Waals surface area (Å²) in [5, 5.41) is 8.86. The Bertz CT molecular complexity index is 1930. The van der Waals surface area contributed by atoms with Crippen LogP contribution in [0, 0.1) is 34.6 Å². The zero-order chi connectivity index (χ0) is 32.1. The third-order valence-electron chi connectivity index (χ3n) is 7.27. The van der Waals surface area contributed by atoms with Crippen molar-refractivity contribution in [2.45, 2.75) is 25.9 Å². The molecular formula is C37H25F6NO. The van der Waals surface area contributed by atoms with Crippen molar-refractivity contribution in [3.8, 4) is 45.2 Å². The molecule has 45 heavy (non-hydrogen) atoms. The van der Waals surface area contributed by atoms with E-state index in [9.17, 15) is 8.78 Å². The second kappa shape index (κ2) is 13.1. The van der Waals surface area contributed by atoms with E-state index in [0.29, 0.717) is 11.6 Å². The van der Waals surface area contributed by atoms with Gasteiger partial charge in [-0.2, -0.15) is 14.0 Å². The van der Waals surface area contributed by atoms with Crippen LogP contribution >= 0.6 is 0 Å². The average molecular weight is 614 g/mol. The van der Waals surface area contributed by atoms with Crippen LogP contribution in [0.2, 0.25) is 0 Å². The van der Waals surface area contributed by atoms with Gasteiger partial charge in [-0.3, -0.25) is 0 Å². The number of allylic oxidation sites excluding steroid dienone is 2. The highest BCUT2D eigenvalue weighted by Crippen LogP contribution is 2.37. The minimum absolute atomic E-state index is 0.0216. The molecule has 0 aromatic heterocycles. The number of nitriles is 1. The predicted octanol–water partition coefficient (Wildman–Crippen LogP) is 10.8. The van der Waals surface area contributed by atoms with Crippen molar-refractivity contribution < 1.29 is 31.1 Å². The highest BCUT2D eigenvalue weighted by Gasteiger charge is 2.38. The number of alkyl halides is 2. The van der Waals surface area contributed by atoms with E-state index in [0.717, 1.165) is 60.4 Å². The van der Waals surface area contributed by atoms with Gasteiger partial charge in [0.1, 0.15) is 35.1 Å². The molecule has 0 unspecified atom stereocenters. The molecule has 5 rings (SSSR count). The lowest BCUT2D eigenvalue weighted by molar-refractivity contribution is -0.187. The lowest BCUT2D eigenvalue weighted by atomic mass is 9.97. The molecule has 0 aliphatic heterocycles. The fraction of sp³-hybridized carbons (Fsp3) is 0.108. The molecule has 0 atom stereocenters. The number of ether oxygens (including phenoxy) is 1. The monoisotopic (exact) mass is 613 g/mol. The highest BCUT2D eigenvalue weighted by atomic mass is 19.3. The van der Waals surface area contributed by atoms with Gasteiger partial charge in [0.2, 0.25) is 0 Å². The number of benzene rings is 5. The second-order valence-electron chi connectivity index (χ2n) is 10.3. The number of hydrogen-bond donors (Lipinski definition) is 0. The van der Waals surface area contributed by atoms with Gasteiger partial charge >= 0.3 is 6.11 Å². The van der Waals surface area contributed by atoms with Crippen molar-refractivity contribution in [2.75, 3.05) is 0 Å². The fourth-order valence-corrected chi connectivity index (χ4v) is 4.90. The van der Waals surface area contributed by atoms with E-state index in [1.165, 1.54) is 24.3 Å². The third kappa shape index (κ3) is 6.94. The van der Waals surface area contributed by atoms with Crippen LogP contribution in [0.5, 0.6) is 5.75 Å². The van der Waals surface area contributed by atoms with Crippen molar-refractivity contribution in [1.82, 2.24) is 0 Å². The van der Waals surface area contributed by atoms with E-state index < -0.39 is 40.7 Å². The lowest BCUT2D eigenvalue weighted by Crippen LogP contribution is -2.23. The molecule has 8 heteroatoms. The Morgan fingerprint density at radius 1 is 0.667 bits per heavy atom. The smallest absolute Gasteiger partial charge is 0.429 e. The van der Waals surface area contributed by atoms with E-state index in [1.54, 1.807) is 12.1 Å². The van der Waals surface area contributed by atoms with Crippen LogP contribution in [0.25, 0.3) is 33.4 Å².